The highest BCUT2D eigenvalue weighted by molar-refractivity contribution is 5.80. The molecule has 1 aromatic heterocycles. The number of nitrogens with one attached hydrogen (secondary N) is 1. The first kappa shape index (κ1) is 17.9. The van der Waals surface area contributed by atoms with Crippen LogP contribution < -0.4 is 9.47 Å². The average Bonchev–Trinajstić information content (AvgIpc) is 3.02. The molecule has 2 aromatic carbocycles. The number of nitrogens with zero attached hydrogens (tertiary/aromatic N) is 1. The lowest BCUT2D eigenvalue weighted by molar-refractivity contribution is 0.287. The van der Waals surface area contributed by atoms with Crippen LogP contribution in [0, 0.1) is 11.6 Å². The van der Waals surface area contributed by atoms with E-state index in [4.69, 9.17) is 9.47 Å². The Labute approximate surface area is 150 Å². The summed E-state index contributed by atoms with van der Waals surface area (Å²) in [4.78, 5) is 7.21. The molecule has 0 radical (unpaired) electrons. The van der Waals surface area contributed by atoms with Crippen molar-refractivity contribution in [2.75, 3.05) is 13.7 Å². The maximum atomic E-state index is 13.3. The molecule has 0 spiro atoms. The summed E-state index contributed by atoms with van der Waals surface area (Å²) < 4.78 is 37.9. The third-order valence-electron chi connectivity index (χ3n) is 3.94. The third kappa shape index (κ3) is 3.85. The number of ether oxygens (including phenoxy) is 2. The van der Waals surface area contributed by atoms with Gasteiger partial charge in [-0.1, -0.05) is 25.5 Å². The number of H-pyrrole nitrogens is 1. The van der Waals surface area contributed by atoms with Crippen molar-refractivity contribution in [1.82, 2.24) is 9.97 Å². The molecule has 1 N–H and O–H groups in total. The van der Waals surface area contributed by atoms with E-state index in [1.165, 1.54) is 0 Å². The molecular weight excluding hydrogens is 338 g/mol. The molecule has 0 amide bonds. The number of hydrogen-bond donors (Lipinski definition) is 1. The first-order valence-corrected chi connectivity index (χ1v) is 8.45. The van der Waals surface area contributed by atoms with E-state index in [0.717, 1.165) is 30.5 Å². The van der Waals surface area contributed by atoms with Crippen molar-refractivity contribution in [3.05, 3.63) is 53.4 Å². The molecular formula is C20H20F2N2O2. The number of unbranched alkanes of at least 4 members (excludes halogenated alkanes) is 1. The summed E-state index contributed by atoms with van der Waals surface area (Å²) in [6.07, 6.45) is 5.54. The normalized spacial score (nSPS) is 11.4. The Kier molecular flexibility index (Phi) is 5.51. The summed E-state index contributed by atoms with van der Waals surface area (Å²) >= 11 is 0. The van der Waals surface area contributed by atoms with E-state index in [2.05, 4.69) is 16.9 Å². The zero-order chi connectivity index (χ0) is 18.5. The van der Waals surface area contributed by atoms with E-state index in [9.17, 15) is 8.78 Å². The summed E-state index contributed by atoms with van der Waals surface area (Å²) in [6.45, 7) is 2.69. The van der Waals surface area contributed by atoms with Crippen LogP contribution in [0.3, 0.4) is 0 Å². The van der Waals surface area contributed by atoms with Crippen LogP contribution in [0.5, 0.6) is 11.5 Å². The van der Waals surface area contributed by atoms with Gasteiger partial charge in [-0.3, -0.25) is 0 Å². The molecule has 1 heterocycles. The fraction of sp³-hybridized carbons (Fsp3) is 0.250. The number of halogens is 2. The molecule has 0 atom stereocenters. The minimum Gasteiger partial charge on any atom is -0.493 e. The van der Waals surface area contributed by atoms with Crippen LogP contribution >= 0.6 is 0 Å². The summed E-state index contributed by atoms with van der Waals surface area (Å²) in [5.41, 5.74) is 1.64. The van der Waals surface area contributed by atoms with E-state index in [1.807, 2.05) is 24.3 Å². The van der Waals surface area contributed by atoms with Gasteiger partial charge < -0.3 is 14.5 Å². The number of imidazole rings is 1. The number of aromatic nitrogens is 2. The second-order valence-electron chi connectivity index (χ2n) is 5.82. The van der Waals surface area contributed by atoms with Gasteiger partial charge in [0.15, 0.2) is 23.1 Å². The molecule has 4 nitrogen and oxygen atoms in total. The first-order valence-electron chi connectivity index (χ1n) is 8.45. The van der Waals surface area contributed by atoms with Crippen LogP contribution in [-0.4, -0.2) is 23.7 Å². The predicted octanol–water partition coefficient (Wildman–Crippen LogP) is 5.20. The number of rotatable bonds is 7. The molecule has 3 aromatic rings. The molecule has 0 aliphatic heterocycles. The summed E-state index contributed by atoms with van der Waals surface area (Å²) in [5, 5.41) is 0. The minimum absolute atomic E-state index is 0.369. The number of benzene rings is 2. The molecule has 0 saturated carbocycles. The van der Waals surface area contributed by atoms with Crippen molar-refractivity contribution in [2.24, 2.45) is 0 Å². The topological polar surface area (TPSA) is 47.1 Å². The van der Waals surface area contributed by atoms with Gasteiger partial charge in [-0.15, -0.1) is 0 Å². The average molecular weight is 358 g/mol. The van der Waals surface area contributed by atoms with Gasteiger partial charge in [-0.05, 0) is 24.6 Å². The van der Waals surface area contributed by atoms with Crippen LogP contribution in [0.2, 0.25) is 0 Å². The Bertz CT molecular complexity index is 896. The van der Waals surface area contributed by atoms with Crippen LogP contribution in [-0.2, 0) is 0 Å². The van der Waals surface area contributed by atoms with Crippen LogP contribution in [0.4, 0.5) is 8.78 Å². The number of hydrogen-bond acceptors (Lipinski definition) is 3. The van der Waals surface area contributed by atoms with Crippen molar-refractivity contribution in [3.63, 3.8) is 0 Å². The van der Waals surface area contributed by atoms with Crippen molar-refractivity contribution in [3.8, 4) is 11.5 Å². The zero-order valence-electron chi connectivity index (χ0n) is 14.7. The van der Waals surface area contributed by atoms with Crippen LogP contribution in [0.25, 0.3) is 23.2 Å². The Balaban J connectivity index is 1.90. The maximum absolute atomic E-state index is 13.3. The molecule has 0 aliphatic rings. The second-order valence-corrected chi connectivity index (χ2v) is 5.82. The molecule has 0 bridgehead atoms. The van der Waals surface area contributed by atoms with Gasteiger partial charge in [0.05, 0.1) is 24.8 Å². The summed E-state index contributed by atoms with van der Waals surface area (Å²) in [5.74, 6) is -0.0211. The molecule has 0 fully saturated rings. The lowest BCUT2D eigenvalue weighted by atomic mass is 10.1. The molecule has 0 saturated heterocycles. The van der Waals surface area contributed by atoms with Gasteiger partial charge in [0.25, 0.3) is 0 Å². The zero-order valence-corrected chi connectivity index (χ0v) is 14.7. The van der Waals surface area contributed by atoms with E-state index in [-0.39, 0.29) is 0 Å². The predicted molar refractivity (Wildman–Crippen MR) is 98.3 cm³/mol. The lowest BCUT2D eigenvalue weighted by Gasteiger charge is -2.13. The number of methoxy groups -OCH3 is 1. The van der Waals surface area contributed by atoms with Crippen molar-refractivity contribution >= 4 is 23.2 Å². The maximum Gasteiger partial charge on any atom is 0.168 e. The monoisotopic (exact) mass is 358 g/mol. The van der Waals surface area contributed by atoms with E-state index >= 15 is 0 Å². The lowest BCUT2D eigenvalue weighted by Crippen LogP contribution is -2.00. The molecule has 136 valence electrons. The number of fused-ring (bicyclic) bond motifs is 1. The van der Waals surface area contributed by atoms with Gasteiger partial charge in [-0.25, -0.2) is 13.8 Å². The van der Waals surface area contributed by atoms with Crippen molar-refractivity contribution < 1.29 is 18.3 Å². The Morgan fingerprint density at radius 3 is 2.73 bits per heavy atom. The highest BCUT2D eigenvalue weighted by Crippen LogP contribution is 2.32. The van der Waals surface area contributed by atoms with Gasteiger partial charge in [0.2, 0.25) is 0 Å². The standard InChI is InChI=1S/C20H20F2N2O2/c1-3-4-10-26-20-13(6-5-7-18(20)25-2)8-9-19-23-16-11-14(21)15(22)12-17(16)24-19/h5-9,11-12H,3-4,10H2,1-2H3,(H,23,24)/b9-8+. The van der Waals surface area contributed by atoms with Crippen molar-refractivity contribution in [1.29, 1.82) is 0 Å². The fourth-order valence-corrected chi connectivity index (χ4v) is 2.57. The number of para-hydroxylation sites is 1. The quantitative estimate of drug-likeness (QED) is 0.591. The van der Waals surface area contributed by atoms with E-state index in [1.54, 1.807) is 13.2 Å². The molecule has 3 rings (SSSR count). The Morgan fingerprint density at radius 1 is 1.15 bits per heavy atom. The Morgan fingerprint density at radius 2 is 1.96 bits per heavy atom. The highest BCUT2D eigenvalue weighted by Gasteiger charge is 2.10. The van der Waals surface area contributed by atoms with Crippen LogP contribution in [0.1, 0.15) is 31.2 Å². The largest absolute Gasteiger partial charge is 0.493 e. The molecule has 6 heteroatoms. The van der Waals surface area contributed by atoms with E-state index < -0.39 is 11.6 Å². The van der Waals surface area contributed by atoms with Gasteiger partial charge >= 0.3 is 0 Å². The third-order valence-corrected chi connectivity index (χ3v) is 3.94. The first-order chi connectivity index (χ1) is 12.6. The van der Waals surface area contributed by atoms with Gasteiger partial charge in [0.1, 0.15) is 5.82 Å². The highest BCUT2D eigenvalue weighted by atomic mass is 19.2. The SMILES string of the molecule is CCCCOc1c(/C=C/c2nc3cc(F)c(F)cc3[nH]2)cccc1OC. The van der Waals surface area contributed by atoms with Crippen LogP contribution in [0.15, 0.2) is 30.3 Å². The van der Waals surface area contributed by atoms with Gasteiger partial charge in [-0.2, -0.15) is 0 Å². The Hall–Kier alpha value is -2.89. The van der Waals surface area contributed by atoms with Gasteiger partial charge in [0, 0.05) is 17.7 Å². The molecule has 26 heavy (non-hydrogen) atoms. The number of aromatic amines is 1. The second kappa shape index (κ2) is 7.99. The summed E-state index contributed by atoms with van der Waals surface area (Å²) in [6, 6.07) is 7.78. The smallest absolute Gasteiger partial charge is 0.168 e. The molecule has 0 unspecified atom stereocenters. The molecule has 0 aliphatic carbocycles. The van der Waals surface area contributed by atoms with Crippen molar-refractivity contribution in [2.45, 2.75) is 19.8 Å². The van der Waals surface area contributed by atoms with E-state index in [0.29, 0.717) is 35.0 Å². The minimum atomic E-state index is -0.918. The fourth-order valence-electron chi connectivity index (χ4n) is 2.57. The summed E-state index contributed by atoms with van der Waals surface area (Å²) in [7, 11) is 1.60.